The highest BCUT2D eigenvalue weighted by molar-refractivity contribution is 9.10. The van der Waals surface area contributed by atoms with Crippen LogP contribution in [-0.2, 0) is 9.59 Å². The van der Waals surface area contributed by atoms with E-state index >= 15 is 0 Å². The smallest absolute Gasteiger partial charge is 0.241 e. The number of nitrogens with zero attached hydrogens (tertiary/aromatic N) is 1. The zero-order valence-electron chi connectivity index (χ0n) is 15.8. The van der Waals surface area contributed by atoms with Gasteiger partial charge in [0, 0.05) is 10.2 Å². The summed E-state index contributed by atoms with van der Waals surface area (Å²) in [5, 5.41) is 5.44. The SMILES string of the molecule is Cc1cccc(C)c1NC(=O)CN(C)C(C)C(=O)Nc1ccc(Br)cc1F. The van der Waals surface area contributed by atoms with Gasteiger partial charge in [-0.25, -0.2) is 4.39 Å². The van der Waals surface area contributed by atoms with E-state index in [1.54, 1.807) is 24.9 Å². The van der Waals surface area contributed by atoms with Crippen LogP contribution < -0.4 is 10.6 Å². The molecule has 1 atom stereocenters. The molecule has 144 valence electrons. The number of aryl methyl sites for hydroxylation is 2. The van der Waals surface area contributed by atoms with E-state index in [4.69, 9.17) is 0 Å². The largest absolute Gasteiger partial charge is 0.324 e. The maximum Gasteiger partial charge on any atom is 0.241 e. The van der Waals surface area contributed by atoms with Crippen molar-refractivity contribution in [1.82, 2.24) is 4.90 Å². The van der Waals surface area contributed by atoms with E-state index in [0.717, 1.165) is 16.8 Å². The minimum atomic E-state index is -0.614. The Labute approximate surface area is 167 Å². The van der Waals surface area contributed by atoms with Gasteiger partial charge in [-0.1, -0.05) is 34.1 Å². The number of hydrogen-bond acceptors (Lipinski definition) is 3. The molecule has 0 aliphatic rings. The van der Waals surface area contributed by atoms with Crippen LogP contribution in [0.5, 0.6) is 0 Å². The second-order valence-electron chi connectivity index (χ2n) is 6.52. The highest BCUT2D eigenvalue weighted by Gasteiger charge is 2.21. The average Bonchev–Trinajstić information content (AvgIpc) is 2.60. The summed E-state index contributed by atoms with van der Waals surface area (Å²) in [5.74, 6) is -1.14. The van der Waals surface area contributed by atoms with Gasteiger partial charge in [0.05, 0.1) is 18.3 Å². The second-order valence-corrected chi connectivity index (χ2v) is 7.44. The molecule has 2 amide bonds. The first-order valence-corrected chi connectivity index (χ1v) is 9.30. The topological polar surface area (TPSA) is 61.4 Å². The monoisotopic (exact) mass is 435 g/mol. The van der Waals surface area contributed by atoms with Crippen LogP contribution in [0.4, 0.5) is 15.8 Å². The van der Waals surface area contributed by atoms with Crippen molar-refractivity contribution in [3.63, 3.8) is 0 Å². The Morgan fingerprint density at radius 1 is 1.15 bits per heavy atom. The molecular formula is C20H23BrFN3O2. The Bertz CT molecular complexity index is 837. The van der Waals surface area contributed by atoms with Crippen LogP contribution in [0.15, 0.2) is 40.9 Å². The summed E-state index contributed by atoms with van der Waals surface area (Å²) in [6.45, 7) is 5.55. The summed E-state index contributed by atoms with van der Waals surface area (Å²) in [6.07, 6.45) is 0. The van der Waals surface area contributed by atoms with Crippen LogP contribution in [-0.4, -0.2) is 36.3 Å². The molecule has 2 N–H and O–H groups in total. The number of carbonyl (C=O) groups is 2. The lowest BCUT2D eigenvalue weighted by Gasteiger charge is -2.24. The van der Waals surface area contributed by atoms with Gasteiger partial charge in [-0.15, -0.1) is 0 Å². The molecule has 2 aromatic rings. The maximum atomic E-state index is 13.9. The molecule has 0 fully saturated rings. The fourth-order valence-corrected chi connectivity index (χ4v) is 2.92. The highest BCUT2D eigenvalue weighted by Crippen LogP contribution is 2.20. The second kappa shape index (κ2) is 9.10. The van der Waals surface area contributed by atoms with Crippen molar-refractivity contribution in [1.29, 1.82) is 0 Å². The van der Waals surface area contributed by atoms with Gasteiger partial charge in [-0.05, 0) is 57.1 Å². The summed E-state index contributed by atoms with van der Waals surface area (Å²) in [6, 6.07) is 9.58. The van der Waals surface area contributed by atoms with Crippen LogP contribution in [0, 0.1) is 19.7 Å². The van der Waals surface area contributed by atoms with Crippen LogP contribution in [0.25, 0.3) is 0 Å². The minimum absolute atomic E-state index is 0.0329. The van der Waals surface area contributed by atoms with Crippen LogP contribution >= 0.6 is 15.9 Å². The number of likely N-dealkylation sites (N-methyl/N-ethyl adjacent to an activating group) is 1. The molecule has 0 spiro atoms. The van der Waals surface area contributed by atoms with Crippen molar-refractivity contribution in [3.05, 3.63) is 57.8 Å². The van der Waals surface area contributed by atoms with Gasteiger partial charge in [0.1, 0.15) is 5.82 Å². The van der Waals surface area contributed by atoms with Gasteiger partial charge in [-0.2, -0.15) is 0 Å². The van der Waals surface area contributed by atoms with E-state index in [0.29, 0.717) is 4.47 Å². The van der Waals surface area contributed by atoms with E-state index in [-0.39, 0.29) is 18.1 Å². The Balaban J connectivity index is 1.96. The number of rotatable bonds is 6. The third kappa shape index (κ3) is 5.61. The van der Waals surface area contributed by atoms with Gasteiger partial charge in [0.2, 0.25) is 11.8 Å². The van der Waals surface area contributed by atoms with Gasteiger partial charge >= 0.3 is 0 Å². The molecule has 0 aliphatic heterocycles. The average molecular weight is 436 g/mol. The third-order valence-corrected chi connectivity index (χ3v) is 4.86. The Morgan fingerprint density at radius 2 is 1.78 bits per heavy atom. The van der Waals surface area contributed by atoms with Crippen molar-refractivity contribution < 1.29 is 14.0 Å². The van der Waals surface area contributed by atoms with Crippen molar-refractivity contribution >= 4 is 39.1 Å². The zero-order valence-corrected chi connectivity index (χ0v) is 17.4. The number of halogens is 2. The van der Waals surface area contributed by atoms with E-state index in [1.807, 2.05) is 32.0 Å². The maximum absolute atomic E-state index is 13.9. The molecule has 2 rings (SSSR count). The number of anilines is 2. The molecule has 0 saturated carbocycles. The number of nitrogens with one attached hydrogen (secondary N) is 2. The van der Waals surface area contributed by atoms with Gasteiger partial charge in [0.25, 0.3) is 0 Å². The van der Waals surface area contributed by atoms with E-state index < -0.39 is 17.8 Å². The quantitative estimate of drug-likeness (QED) is 0.717. The predicted octanol–water partition coefficient (Wildman–Crippen LogP) is 4.10. The molecule has 27 heavy (non-hydrogen) atoms. The molecule has 5 nitrogen and oxygen atoms in total. The lowest BCUT2D eigenvalue weighted by atomic mass is 10.1. The lowest BCUT2D eigenvalue weighted by Crippen LogP contribution is -2.43. The molecule has 0 bridgehead atoms. The molecule has 0 aromatic heterocycles. The normalized spacial score (nSPS) is 12.0. The van der Waals surface area contributed by atoms with Crippen molar-refractivity contribution in [3.8, 4) is 0 Å². The van der Waals surface area contributed by atoms with Gasteiger partial charge in [0.15, 0.2) is 0 Å². The van der Waals surface area contributed by atoms with Crippen molar-refractivity contribution in [2.75, 3.05) is 24.2 Å². The first-order valence-electron chi connectivity index (χ1n) is 8.51. The first kappa shape index (κ1) is 21.1. The number of carbonyl (C=O) groups excluding carboxylic acids is 2. The van der Waals surface area contributed by atoms with Crippen LogP contribution in [0.2, 0.25) is 0 Å². The summed E-state index contributed by atoms with van der Waals surface area (Å²) < 4.78 is 14.5. The van der Waals surface area contributed by atoms with Gasteiger partial charge in [-0.3, -0.25) is 14.5 Å². The molecule has 0 radical (unpaired) electrons. The molecule has 1 unspecified atom stereocenters. The van der Waals surface area contributed by atoms with Crippen molar-refractivity contribution in [2.45, 2.75) is 26.8 Å². The van der Waals surface area contributed by atoms with E-state index in [1.165, 1.54) is 12.1 Å². The third-order valence-electron chi connectivity index (χ3n) is 4.37. The van der Waals surface area contributed by atoms with Gasteiger partial charge < -0.3 is 10.6 Å². The molecule has 7 heteroatoms. The first-order chi connectivity index (χ1) is 12.7. The number of hydrogen-bond donors (Lipinski definition) is 2. The Kier molecular flexibility index (Phi) is 7.10. The van der Waals surface area contributed by atoms with Crippen LogP contribution in [0.1, 0.15) is 18.1 Å². The highest BCUT2D eigenvalue weighted by atomic mass is 79.9. The summed E-state index contributed by atoms with van der Waals surface area (Å²) in [5.41, 5.74) is 2.83. The molecular weight excluding hydrogens is 413 g/mol. The fourth-order valence-electron chi connectivity index (χ4n) is 2.58. The molecule has 2 aromatic carbocycles. The summed E-state index contributed by atoms with van der Waals surface area (Å²) >= 11 is 3.17. The van der Waals surface area contributed by atoms with Crippen molar-refractivity contribution in [2.24, 2.45) is 0 Å². The standard InChI is InChI=1S/C20H23BrFN3O2/c1-12-6-5-7-13(2)19(12)24-18(26)11-25(4)14(3)20(27)23-17-9-8-15(21)10-16(17)22/h5-10,14H,11H2,1-4H3,(H,23,27)(H,24,26). The molecule has 0 saturated heterocycles. The Hall–Kier alpha value is -2.25. The molecule has 0 heterocycles. The van der Waals surface area contributed by atoms with Crippen LogP contribution in [0.3, 0.4) is 0 Å². The minimum Gasteiger partial charge on any atom is -0.324 e. The number of para-hydroxylation sites is 1. The fraction of sp³-hybridized carbons (Fsp3) is 0.300. The number of amides is 2. The zero-order chi connectivity index (χ0) is 20.1. The Morgan fingerprint density at radius 3 is 2.37 bits per heavy atom. The lowest BCUT2D eigenvalue weighted by molar-refractivity contribution is -0.122. The summed E-state index contributed by atoms with van der Waals surface area (Å²) in [7, 11) is 1.67. The van der Waals surface area contributed by atoms with E-state index in [2.05, 4.69) is 26.6 Å². The number of benzene rings is 2. The predicted molar refractivity (Wildman–Crippen MR) is 109 cm³/mol. The van der Waals surface area contributed by atoms with E-state index in [9.17, 15) is 14.0 Å². The summed E-state index contributed by atoms with van der Waals surface area (Å²) in [4.78, 5) is 26.3. The molecule has 0 aliphatic carbocycles.